The highest BCUT2D eigenvalue weighted by Gasteiger charge is 2.09. The maximum Gasteiger partial charge on any atom is 0.338 e. The smallest absolute Gasteiger partial charge is 0.338 e. The summed E-state index contributed by atoms with van der Waals surface area (Å²) in [7, 11) is 0. The van der Waals surface area contributed by atoms with Crippen LogP contribution in [0.25, 0.3) is 11.0 Å². The molecular formula is C20H19N7O2S. The van der Waals surface area contributed by atoms with E-state index in [2.05, 4.69) is 26.0 Å². The lowest BCUT2D eigenvalue weighted by Gasteiger charge is -2.10. The maximum atomic E-state index is 11.9. The zero-order valence-corrected chi connectivity index (χ0v) is 17.0. The maximum absolute atomic E-state index is 11.9. The summed E-state index contributed by atoms with van der Waals surface area (Å²) < 4.78 is 8.52. The van der Waals surface area contributed by atoms with Crippen LogP contribution < -0.4 is 10.6 Å². The number of para-hydroxylation sites is 1. The van der Waals surface area contributed by atoms with Crippen LogP contribution in [0.3, 0.4) is 0 Å². The van der Waals surface area contributed by atoms with Crippen molar-refractivity contribution in [2.45, 2.75) is 13.6 Å². The van der Waals surface area contributed by atoms with Crippen LogP contribution in [-0.4, -0.2) is 42.5 Å². The summed E-state index contributed by atoms with van der Waals surface area (Å²) in [6, 6.07) is 14.7. The van der Waals surface area contributed by atoms with Crippen molar-refractivity contribution in [1.29, 1.82) is 0 Å². The molecule has 0 fully saturated rings. The molecule has 2 N–H and O–H groups in total. The summed E-state index contributed by atoms with van der Waals surface area (Å²) in [5.74, 6) is -0.373. The van der Waals surface area contributed by atoms with Crippen LogP contribution in [0.1, 0.15) is 17.3 Å². The summed E-state index contributed by atoms with van der Waals surface area (Å²) in [4.78, 5) is 11.9. The molecule has 30 heavy (non-hydrogen) atoms. The van der Waals surface area contributed by atoms with Gasteiger partial charge in [0.15, 0.2) is 5.11 Å². The molecule has 0 spiro atoms. The molecule has 0 aliphatic carbocycles. The van der Waals surface area contributed by atoms with Gasteiger partial charge in [-0.2, -0.15) is 5.10 Å². The quantitative estimate of drug-likeness (QED) is 0.362. The van der Waals surface area contributed by atoms with Crippen LogP contribution in [0.15, 0.2) is 60.9 Å². The fraction of sp³-hybridized carbons (Fsp3) is 0.150. The Morgan fingerprint density at radius 1 is 1.13 bits per heavy atom. The molecule has 4 rings (SSSR count). The van der Waals surface area contributed by atoms with Crippen molar-refractivity contribution in [3.05, 3.63) is 66.5 Å². The average molecular weight is 421 g/mol. The first kappa shape index (κ1) is 19.5. The summed E-state index contributed by atoms with van der Waals surface area (Å²) in [6.07, 6.45) is 3.49. The Kier molecular flexibility index (Phi) is 5.66. The van der Waals surface area contributed by atoms with Gasteiger partial charge in [0.05, 0.1) is 35.8 Å². The SMILES string of the molecule is CCOC(=O)c1cccc(NC(=S)Nc2cnn(Cn3nnc4ccccc43)c2)c1. The number of carbonyl (C=O) groups excluding carboxylic acids is 1. The predicted octanol–water partition coefficient (Wildman–Crippen LogP) is 3.12. The number of fused-ring (bicyclic) bond motifs is 1. The van der Waals surface area contributed by atoms with Crippen molar-refractivity contribution in [3.63, 3.8) is 0 Å². The molecule has 0 saturated heterocycles. The highest BCUT2D eigenvalue weighted by atomic mass is 32.1. The van der Waals surface area contributed by atoms with Crippen LogP contribution in [0.2, 0.25) is 0 Å². The molecule has 0 unspecified atom stereocenters. The number of hydrogen-bond donors (Lipinski definition) is 2. The summed E-state index contributed by atoms with van der Waals surface area (Å²) >= 11 is 5.36. The number of carbonyl (C=O) groups is 1. The Morgan fingerprint density at radius 3 is 2.83 bits per heavy atom. The van der Waals surface area contributed by atoms with Gasteiger partial charge in [-0.25, -0.2) is 14.2 Å². The Balaban J connectivity index is 1.38. The minimum Gasteiger partial charge on any atom is -0.462 e. The molecule has 2 aromatic heterocycles. The van der Waals surface area contributed by atoms with E-state index in [1.165, 1.54) is 0 Å². The molecule has 0 amide bonds. The number of thiocarbonyl (C=S) groups is 1. The first-order valence-electron chi connectivity index (χ1n) is 9.28. The van der Waals surface area contributed by atoms with Gasteiger partial charge >= 0.3 is 5.97 Å². The fourth-order valence-corrected chi connectivity index (χ4v) is 3.13. The van der Waals surface area contributed by atoms with E-state index >= 15 is 0 Å². The molecule has 2 aromatic carbocycles. The molecule has 9 nitrogen and oxygen atoms in total. The van der Waals surface area contributed by atoms with Gasteiger partial charge in [-0.3, -0.25) is 0 Å². The lowest BCUT2D eigenvalue weighted by atomic mass is 10.2. The third-order valence-corrected chi connectivity index (χ3v) is 4.43. The van der Waals surface area contributed by atoms with Gasteiger partial charge in [0.1, 0.15) is 12.2 Å². The number of nitrogens with zero attached hydrogens (tertiary/aromatic N) is 5. The standard InChI is InChI=1S/C20H19N7O2S/c1-2-29-19(28)14-6-5-7-15(10-14)22-20(30)23-16-11-21-26(12-16)13-27-18-9-4-3-8-17(18)24-25-27/h3-12H,2,13H2,1H3,(H2,22,23,30). The molecule has 0 aliphatic rings. The molecule has 0 radical (unpaired) electrons. The Morgan fingerprint density at radius 2 is 1.97 bits per heavy atom. The van der Waals surface area contributed by atoms with Gasteiger partial charge < -0.3 is 15.4 Å². The minimum absolute atomic E-state index is 0.324. The van der Waals surface area contributed by atoms with Gasteiger partial charge in [-0.05, 0) is 49.5 Å². The van der Waals surface area contributed by atoms with Crippen molar-refractivity contribution in [1.82, 2.24) is 24.8 Å². The van der Waals surface area contributed by atoms with Crippen LogP contribution >= 0.6 is 12.2 Å². The highest BCUT2D eigenvalue weighted by molar-refractivity contribution is 7.80. The van der Waals surface area contributed by atoms with E-state index in [4.69, 9.17) is 17.0 Å². The molecule has 0 aliphatic heterocycles. The molecule has 4 aromatic rings. The second-order valence-electron chi connectivity index (χ2n) is 6.37. The monoisotopic (exact) mass is 421 g/mol. The lowest BCUT2D eigenvalue weighted by molar-refractivity contribution is 0.0526. The van der Waals surface area contributed by atoms with Crippen molar-refractivity contribution >= 4 is 45.7 Å². The van der Waals surface area contributed by atoms with E-state index in [1.807, 2.05) is 36.5 Å². The predicted molar refractivity (Wildman–Crippen MR) is 117 cm³/mol. The molecular weight excluding hydrogens is 402 g/mol. The molecule has 0 atom stereocenters. The normalized spacial score (nSPS) is 10.7. The van der Waals surface area contributed by atoms with Crippen molar-refractivity contribution in [2.75, 3.05) is 17.2 Å². The van der Waals surface area contributed by atoms with Crippen LogP contribution in [-0.2, 0) is 11.4 Å². The first-order valence-corrected chi connectivity index (χ1v) is 9.69. The molecule has 152 valence electrons. The van der Waals surface area contributed by atoms with E-state index in [9.17, 15) is 4.79 Å². The zero-order valence-electron chi connectivity index (χ0n) is 16.1. The first-order chi connectivity index (χ1) is 14.6. The number of hydrogen-bond acceptors (Lipinski definition) is 6. The molecule has 0 bridgehead atoms. The van der Waals surface area contributed by atoms with E-state index in [0.29, 0.717) is 29.6 Å². The summed E-state index contributed by atoms with van der Waals surface area (Å²) in [5.41, 5.74) is 3.62. The Bertz CT molecular complexity index is 1200. The second-order valence-corrected chi connectivity index (χ2v) is 6.78. The number of benzene rings is 2. The number of rotatable bonds is 6. The topological polar surface area (TPSA) is 98.9 Å². The lowest BCUT2D eigenvalue weighted by Crippen LogP contribution is -2.19. The van der Waals surface area contributed by atoms with E-state index < -0.39 is 0 Å². The average Bonchev–Trinajstić information content (AvgIpc) is 3.36. The highest BCUT2D eigenvalue weighted by Crippen LogP contribution is 2.14. The van der Waals surface area contributed by atoms with E-state index in [1.54, 1.807) is 40.7 Å². The molecule has 10 heteroatoms. The number of ether oxygens (including phenoxy) is 1. The van der Waals surface area contributed by atoms with Gasteiger partial charge in [0.2, 0.25) is 0 Å². The Hall–Kier alpha value is -3.79. The van der Waals surface area contributed by atoms with Gasteiger partial charge in [-0.15, -0.1) is 5.10 Å². The number of anilines is 2. The number of nitrogens with one attached hydrogen (secondary N) is 2. The third-order valence-electron chi connectivity index (χ3n) is 4.22. The van der Waals surface area contributed by atoms with Gasteiger partial charge in [0.25, 0.3) is 0 Å². The van der Waals surface area contributed by atoms with Gasteiger partial charge in [0, 0.05) is 5.69 Å². The van der Waals surface area contributed by atoms with Crippen LogP contribution in [0.4, 0.5) is 11.4 Å². The zero-order chi connectivity index (χ0) is 20.9. The van der Waals surface area contributed by atoms with Crippen LogP contribution in [0, 0.1) is 0 Å². The second kappa shape index (κ2) is 8.70. The van der Waals surface area contributed by atoms with E-state index in [-0.39, 0.29) is 5.97 Å². The van der Waals surface area contributed by atoms with Crippen molar-refractivity contribution in [2.24, 2.45) is 0 Å². The summed E-state index contributed by atoms with van der Waals surface area (Å²) in [6.45, 7) is 2.51. The summed E-state index contributed by atoms with van der Waals surface area (Å²) in [5, 5.41) is 19.1. The number of aromatic nitrogens is 5. The van der Waals surface area contributed by atoms with E-state index in [0.717, 1.165) is 16.7 Å². The van der Waals surface area contributed by atoms with Crippen molar-refractivity contribution < 1.29 is 9.53 Å². The third kappa shape index (κ3) is 4.44. The number of esters is 1. The van der Waals surface area contributed by atoms with Gasteiger partial charge in [-0.1, -0.05) is 23.4 Å². The minimum atomic E-state index is -0.373. The fourth-order valence-electron chi connectivity index (χ4n) is 2.90. The Labute approximate surface area is 177 Å². The van der Waals surface area contributed by atoms with Crippen molar-refractivity contribution in [3.8, 4) is 0 Å². The largest absolute Gasteiger partial charge is 0.462 e. The molecule has 2 heterocycles. The molecule has 0 saturated carbocycles. The van der Waals surface area contributed by atoms with Crippen LogP contribution in [0.5, 0.6) is 0 Å².